The average molecular weight is 317 g/mol. The Hall–Kier alpha value is -2.41. The van der Waals surface area contributed by atoms with Crippen LogP contribution in [0.2, 0.25) is 0 Å². The molecular formula is C15H15N3O3S. The van der Waals surface area contributed by atoms with Gasteiger partial charge in [-0.3, -0.25) is 4.79 Å². The smallest absolute Gasteiger partial charge is 0.230 e. The molecule has 0 aliphatic carbocycles. The molecular weight excluding hydrogens is 302 g/mol. The standard InChI is InChI=1S/C15H15N3O3S/c1-20-10-4-5-12-13(7-10)18-15(17-12)22-9-14(19)16-8-11-3-2-6-21-11/h2-7H,8-9H2,1H3,(H,16,19)(H,17,18). The number of benzene rings is 1. The van der Waals surface area contributed by atoms with E-state index in [1.165, 1.54) is 11.8 Å². The Balaban J connectivity index is 1.55. The maximum absolute atomic E-state index is 11.8. The highest BCUT2D eigenvalue weighted by atomic mass is 32.2. The number of hydrogen-bond acceptors (Lipinski definition) is 5. The van der Waals surface area contributed by atoms with E-state index in [4.69, 9.17) is 9.15 Å². The fourth-order valence-electron chi connectivity index (χ4n) is 1.94. The molecule has 2 heterocycles. The summed E-state index contributed by atoms with van der Waals surface area (Å²) < 4.78 is 10.3. The number of carbonyl (C=O) groups excluding carboxylic acids is 1. The second kappa shape index (κ2) is 6.57. The van der Waals surface area contributed by atoms with E-state index >= 15 is 0 Å². The summed E-state index contributed by atoms with van der Waals surface area (Å²) in [7, 11) is 1.62. The van der Waals surface area contributed by atoms with Crippen molar-refractivity contribution in [1.29, 1.82) is 0 Å². The van der Waals surface area contributed by atoms with E-state index in [1.54, 1.807) is 19.4 Å². The van der Waals surface area contributed by atoms with Gasteiger partial charge >= 0.3 is 0 Å². The molecule has 0 radical (unpaired) electrons. The number of ether oxygens (including phenoxy) is 1. The van der Waals surface area contributed by atoms with Crippen molar-refractivity contribution in [2.45, 2.75) is 11.7 Å². The van der Waals surface area contributed by atoms with Crippen molar-refractivity contribution in [3.05, 3.63) is 42.4 Å². The number of thioether (sulfide) groups is 1. The molecule has 22 heavy (non-hydrogen) atoms. The Kier molecular flexibility index (Phi) is 4.34. The number of aromatic nitrogens is 2. The van der Waals surface area contributed by atoms with Gasteiger partial charge in [0.05, 0.1) is 36.7 Å². The van der Waals surface area contributed by atoms with Gasteiger partial charge in [-0.15, -0.1) is 0 Å². The van der Waals surface area contributed by atoms with E-state index in [-0.39, 0.29) is 11.7 Å². The molecule has 3 aromatic rings. The molecule has 0 spiro atoms. The van der Waals surface area contributed by atoms with Gasteiger partial charge in [0.1, 0.15) is 11.5 Å². The van der Waals surface area contributed by atoms with Crippen molar-refractivity contribution >= 4 is 28.7 Å². The minimum Gasteiger partial charge on any atom is -0.497 e. The second-order valence-corrected chi connectivity index (χ2v) is 5.53. The van der Waals surface area contributed by atoms with Crippen LogP contribution in [0.3, 0.4) is 0 Å². The minimum absolute atomic E-state index is 0.0700. The van der Waals surface area contributed by atoms with Crippen LogP contribution in [0.1, 0.15) is 5.76 Å². The van der Waals surface area contributed by atoms with E-state index in [1.807, 2.05) is 24.3 Å². The molecule has 1 amide bonds. The molecule has 7 heteroatoms. The average Bonchev–Trinajstić information content (AvgIpc) is 3.18. The fraction of sp³-hybridized carbons (Fsp3) is 0.200. The topological polar surface area (TPSA) is 80.2 Å². The van der Waals surface area contributed by atoms with Gasteiger partial charge in [0.25, 0.3) is 0 Å². The Morgan fingerprint density at radius 3 is 3.14 bits per heavy atom. The number of aromatic amines is 1. The zero-order valence-electron chi connectivity index (χ0n) is 12.0. The van der Waals surface area contributed by atoms with Crippen LogP contribution in [0, 0.1) is 0 Å². The molecule has 0 atom stereocenters. The molecule has 0 saturated carbocycles. The molecule has 0 fully saturated rings. The number of nitrogens with zero attached hydrogens (tertiary/aromatic N) is 1. The van der Waals surface area contributed by atoms with Crippen LogP contribution in [0.4, 0.5) is 0 Å². The third kappa shape index (κ3) is 3.43. The summed E-state index contributed by atoms with van der Waals surface area (Å²) in [4.78, 5) is 19.4. The van der Waals surface area contributed by atoms with Crippen LogP contribution in [0.5, 0.6) is 5.75 Å². The van der Waals surface area contributed by atoms with Crippen LogP contribution in [-0.4, -0.2) is 28.7 Å². The van der Waals surface area contributed by atoms with Crippen molar-refractivity contribution in [1.82, 2.24) is 15.3 Å². The highest BCUT2D eigenvalue weighted by Gasteiger charge is 2.08. The van der Waals surface area contributed by atoms with Gasteiger partial charge in [-0.1, -0.05) is 11.8 Å². The number of H-pyrrole nitrogens is 1. The monoisotopic (exact) mass is 317 g/mol. The largest absolute Gasteiger partial charge is 0.497 e. The predicted molar refractivity (Wildman–Crippen MR) is 83.9 cm³/mol. The highest BCUT2D eigenvalue weighted by Crippen LogP contribution is 2.22. The van der Waals surface area contributed by atoms with Crippen molar-refractivity contribution in [2.75, 3.05) is 12.9 Å². The van der Waals surface area contributed by atoms with Crippen molar-refractivity contribution in [3.8, 4) is 5.75 Å². The van der Waals surface area contributed by atoms with E-state index < -0.39 is 0 Å². The molecule has 0 saturated heterocycles. The molecule has 0 unspecified atom stereocenters. The number of rotatable bonds is 6. The molecule has 6 nitrogen and oxygen atoms in total. The number of furan rings is 1. The van der Waals surface area contributed by atoms with E-state index in [0.29, 0.717) is 11.7 Å². The van der Waals surface area contributed by atoms with Gasteiger partial charge in [0, 0.05) is 6.07 Å². The van der Waals surface area contributed by atoms with Crippen LogP contribution < -0.4 is 10.1 Å². The van der Waals surface area contributed by atoms with Gasteiger partial charge < -0.3 is 19.5 Å². The lowest BCUT2D eigenvalue weighted by Crippen LogP contribution is -2.24. The van der Waals surface area contributed by atoms with Gasteiger partial charge in [-0.25, -0.2) is 4.98 Å². The summed E-state index contributed by atoms with van der Waals surface area (Å²) in [5.74, 6) is 1.72. The molecule has 3 rings (SSSR count). The molecule has 0 aliphatic rings. The minimum atomic E-state index is -0.0700. The molecule has 114 valence electrons. The molecule has 0 aliphatic heterocycles. The zero-order valence-corrected chi connectivity index (χ0v) is 12.8. The Bertz CT molecular complexity index is 768. The first-order valence-electron chi connectivity index (χ1n) is 6.70. The third-order valence-corrected chi connectivity index (χ3v) is 3.92. The maximum atomic E-state index is 11.8. The zero-order chi connectivity index (χ0) is 15.4. The number of amides is 1. The summed E-state index contributed by atoms with van der Waals surface area (Å²) in [6.07, 6.45) is 1.58. The first-order valence-corrected chi connectivity index (χ1v) is 7.69. The molecule has 2 N–H and O–H groups in total. The summed E-state index contributed by atoms with van der Waals surface area (Å²) in [6, 6.07) is 9.22. The van der Waals surface area contributed by atoms with Gasteiger partial charge in [-0.2, -0.15) is 0 Å². The molecule has 2 aromatic heterocycles. The lowest BCUT2D eigenvalue weighted by molar-refractivity contribution is -0.118. The number of nitrogens with one attached hydrogen (secondary N) is 2. The van der Waals surface area contributed by atoms with Crippen LogP contribution in [-0.2, 0) is 11.3 Å². The molecule has 0 bridgehead atoms. The SMILES string of the molecule is COc1ccc2nc(SCC(=O)NCc3ccco3)[nH]c2c1. The first kappa shape index (κ1) is 14.5. The highest BCUT2D eigenvalue weighted by molar-refractivity contribution is 7.99. The van der Waals surface area contributed by atoms with Crippen molar-refractivity contribution in [2.24, 2.45) is 0 Å². The number of methoxy groups -OCH3 is 1. The van der Waals surface area contributed by atoms with Gasteiger partial charge in [-0.05, 0) is 24.3 Å². The number of hydrogen-bond donors (Lipinski definition) is 2. The summed E-state index contributed by atoms with van der Waals surface area (Å²) in [5, 5.41) is 3.50. The number of carbonyl (C=O) groups is 1. The van der Waals surface area contributed by atoms with Crippen LogP contribution in [0.25, 0.3) is 11.0 Å². The van der Waals surface area contributed by atoms with Crippen molar-refractivity contribution < 1.29 is 13.9 Å². The summed E-state index contributed by atoms with van der Waals surface area (Å²) in [5.41, 5.74) is 1.73. The van der Waals surface area contributed by atoms with Crippen LogP contribution >= 0.6 is 11.8 Å². The molecule has 1 aromatic carbocycles. The van der Waals surface area contributed by atoms with Crippen molar-refractivity contribution in [3.63, 3.8) is 0 Å². The Morgan fingerprint density at radius 1 is 1.45 bits per heavy atom. The van der Waals surface area contributed by atoms with Gasteiger partial charge in [0.15, 0.2) is 5.16 Å². The van der Waals surface area contributed by atoms with E-state index in [9.17, 15) is 4.79 Å². The lowest BCUT2D eigenvalue weighted by atomic mass is 10.3. The summed E-state index contributed by atoms with van der Waals surface area (Å²) in [6.45, 7) is 0.393. The number of fused-ring (bicyclic) bond motifs is 1. The Labute approximate surface area is 131 Å². The van der Waals surface area contributed by atoms with E-state index in [0.717, 1.165) is 22.5 Å². The predicted octanol–water partition coefficient (Wildman–Crippen LogP) is 2.57. The lowest BCUT2D eigenvalue weighted by Gasteiger charge is -2.01. The van der Waals surface area contributed by atoms with Crippen LogP contribution in [0.15, 0.2) is 46.2 Å². The quantitative estimate of drug-likeness (QED) is 0.683. The number of imidazole rings is 1. The third-order valence-electron chi connectivity index (χ3n) is 3.05. The fourth-order valence-corrected chi connectivity index (χ4v) is 2.66. The Morgan fingerprint density at radius 2 is 2.36 bits per heavy atom. The van der Waals surface area contributed by atoms with E-state index in [2.05, 4.69) is 15.3 Å². The maximum Gasteiger partial charge on any atom is 0.230 e. The van der Waals surface area contributed by atoms with Gasteiger partial charge in [0.2, 0.25) is 5.91 Å². The summed E-state index contributed by atoms with van der Waals surface area (Å²) >= 11 is 1.35. The second-order valence-electron chi connectivity index (χ2n) is 4.57. The first-order chi connectivity index (χ1) is 10.7. The normalized spacial score (nSPS) is 10.8.